The summed E-state index contributed by atoms with van der Waals surface area (Å²) in [6.45, 7) is 2.21. The van der Waals surface area contributed by atoms with Crippen LogP contribution in [0.3, 0.4) is 0 Å². The number of nitrogens with one attached hydrogen (secondary N) is 1. The molecule has 0 unspecified atom stereocenters. The Morgan fingerprint density at radius 3 is 2.61 bits per heavy atom. The molecule has 0 aliphatic carbocycles. The number of aromatic nitrogens is 3. The Hall–Kier alpha value is -3.26. The van der Waals surface area contributed by atoms with Crippen LogP contribution in [0, 0.1) is 6.92 Å². The highest BCUT2D eigenvalue weighted by molar-refractivity contribution is 7.98. The summed E-state index contributed by atoms with van der Waals surface area (Å²) < 4.78 is 8.31. The number of benzene rings is 2. The van der Waals surface area contributed by atoms with Crippen LogP contribution >= 0.6 is 11.8 Å². The van der Waals surface area contributed by atoms with Crippen molar-refractivity contribution in [2.24, 2.45) is 0 Å². The van der Waals surface area contributed by atoms with Crippen LogP contribution in [-0.2, 0) is 17.8 Å². The number of hydrogen-bond donors (Lipinski definition) is 1. The van der Waals surface area contributed by atoms with Crippen LogP contribution in [0.5, 0.6) is 5.75 Å². The summed E-state index contributed by atoms with van der Waals surface area (Å²) in [5, 5.41) is 8.13. The summed E-state index contributed by atoms with van der Waals surface area (Å²) in [6, 6.07) is 15.7. The van der Waals surface area contributed by atoms with E-state index in [1.54, 1.807) is 18.9 Å². The molecule has 4 rings (SSSR count). The molecule has 2 aromatic carbocycles. The minimum atomic E-state index is -0.302. The van der Waals surface area contributed by atoms with Crippen molar-refractivity contribution in [3.05, 3.63) is 70.3 Å². The molecule has 0 aliphatic heterocycles. The molecule has 8 heteroatoms. The first-order valence-electron chi connectivity index (χ1n) is 9.96. The largest absolute Gasteiger partial charge is 0.497 e. The quantitative estimate of drug-likeness (QED) is 0.451. The van der Waals surface area contributed by atoms with Gasteiger partial charge in [-0.15, -0.1) is 11.8 Å². The molecule has 0 radical (unpaired) electrons. The molecule has 4 aromatic rings. The van der Waals surface area contributed by atoms with E-state index in [2.05, 4.69) is 34.7 Å². The van der Waals surface area contributed by atoms with Crippen molar-refractivity contribution in [2.75, 3.05) is 19.9 Å². The molecule has 0 bridgehead atoms. The highest BCUT2D eigenvalue weighted by Gasteiger charge is 2.14. The number of carbonyl (C=O) groups is 1. The van der Waals surface area contributed by atoms with Gasteiger partial charge in [0.05, 0.1) is 12.6 Å². The zero-order valence-corrected chi connectivity index (χ0v) is 18.5. The van der Waals surface area contributed by atoms with E-state index in [9.17, 15) is 9.59 Å². The predicted molar refractivity (Wildman–Crippen MR) is 123 cm³/mol. The maximum atomic E-state index is 13.0. The van der Waals surface area contributed by atoms with Gasteiger partial charge in [-0.2, -0.15) is 5.10 Å². The number of fused-ring (bicyclic) bond motifs is 3. The molecular weight excluding hydrogens is 412 g/mol. The minimum Gasteiger partial charge on any atom is -0.497 e. The number of aryl methyl sites for hydroxylation is 1. The Morgan fingerprint density at radius 1 is 1.13 bits per heavy atom. The second kappa shape index (κ2) is 8.85. The van der Waals surface area contributed by atoms with Gasteiger partial charge in [-0.1, -0.05) is 12.1 Å². The molecule has 7 nitrogen and oxygen atoms in total. The van der Waals surface area contributed by atoms with Gasteiger partial charge in [0.1, 0.15) is 23.6 Å². The molecule has 0 atom stereocenters. The van der Waals surface area contributed by atoms with Crippen LogP contribution in [0.1, 0.15) is 11.4 Å². The van der Waals surface area contributed by atoms with Gasteiger partial charge in [0.15, 0.2) is 0 Å². The SMILES string of the molecule is COc1ccc2c(c1)cc1c(=O)n(CC(=O)NCCc3ccc(SC)cc3)nc(C)n12. The van der Waals surface area contributed by atoms with Crippen LogP contribution in [0.4, 0.5) is 0 Å². The van der Waals surface area contributed by atoms with Crippen LogP contribution < -0.4 is 15.6 Å². The first-order valence-corrected chi connectivity index (χ1v) is 11.2. The molecule has 0 saturated heterocycles. The highest BCUT2D eigenvalue weighted by atomic mass is 32.2. The average Bonchev–Trinajstić information content (AvgIpc) is 3.17. The lowest BCUT2D eigenvalue weighted by Gasteiger charge is -2.10. The monoisotopic (exact) mass is 436 g/mol. The molecule has 0 saturated carbocycles. The first-order chi connectivity index (χ1) is 15.0. The van der Waals surface area contributed by atoms with Crippen molar-refractivity contribution < 1.29 is 9.53 Å². The Kier molecular flexibility index (Phi) is 5.99. The van der Waals surface area contributed by atoms with Crippen molar-refractivity contribution in [1.29, 1.82) is 0 Å². The average molecular weight is 437 g/mol. The number of hydrogen-bond acceptors (Lipinski definition) is 5. The predicted octanol–water partition coefficient (Wildman–Crippen LogP) is 3.05. The fourth-order valence-electron chi connectivity index (χ4n) is 3.66. The molecular formula is C23H24N4O3S. The summed E-state index contributed by atoms with van der Waals surface area (Å²) in [5.74, 6) is 1.12. The lowest BCUT2D eigenvalue weighted by molar-refractivity contribution is -0.121. The van der Waals surface area contributed by atoms with Gasteiger partial charge in [0.2, 0.25) is 5.91 Å². The molecule has 0 fully saturated rings. The number of methoxy groups -OCH3 is 1. The van der Waals surface area contributed by atoms with E-state index in [0.717, 1.165) is 28.6 Å². The molecule has 1 N–H and O–H groups in total. The number of rotatable bonds is 7. The van der Waals surface area contributed by atoms with Gasteiger partial charge in [-0.3, -0.25) is 14.0 Å². The van der Waals surface area contributed by atoms with Gasteiger partial charge in [0, 0.05) is 16.8 Å². The van der Waals surface area contributed by atoms with Crippen molar-refractivity contribution in [3.63, 3.8) is 0 Å². The lowest BCUT2D eigenvalue weighted by Crippen LogP contribution is -2.35. The molecule has 160 valence electrons. The zero-order chi connectivity index (χ0) is 22.0. The number of nitrogens with zero attached hydrogens (tertiary/aromatic N) is 3. The number of thioether (sulfide) groups is 1. The van der Waals surface area contributed by atoms with E-state index >= 15 is 0 Å². The van der Waals surface area contributed by atoms with E-state index in [1.165, 1.54) is 9.58 Å². The van der Waals surface area contributed by atoms with E-state index in [-0.39, 0.29) is 18.0 Å². The third kappa shape index (κ3) is 4.29. The first kappa shape index (κ1) is 21.0. The fourth-order valence-corrected chi connectivity index (χ4v) is 4.07. The Labute approximate surface area is 184 Å². The Bertz CT molecular complexity index is 1310. The zero-order valence-electron chi connectivity index (χ0n) is 17.7. The summed E-state index contributed by atoms with van der Waals surface area (Å²) >= 11 is 1.70. The minimum absolute atomic E-state index is 0.119. The molecule has 1 amide bonds. The summed E-state index contributed by atoms with van der Waals surface area (Å²) in [6.07, 6.45) is 2.77. The van der Waals surface area contributed by atoms with E-state index < -0.39 is 0 Å². The highest BCUT2D eigenvalue weighted by Crippen LogP contribution is 2.24. The van der Waals surface area contributed by atoms with E-state index in [4.69, 9.17) is 4.74 Å². The third-order valence-electron chi connectivity index (χ3n) is 5.24. The van der Waals surface area contributed by atoms with Crippen molar-refractivity contribution in [2.45, 2.75) is 24.8 Å². The summed E-state index contributed by atoms with van der Waals surface area (Å²) in [5.41, 5.74) is 2.21. The normalized spacial score (nSPS) is 11.2. The maximum Gasteiger partial charge on any atom is 0.291 e. The molecule has 2 heterocycles. The van der Waals surface area contributed by atoms with Gasteiger partial charge < -0.3 is 10.1 Å². The number of ether oxygens (including phenoxy) is 1. The second-order valence-electron chi connectivity index (χ2n) is 7.25. The number of amides is 1. The molecule has 2 aromatic heterocycles. The lowest BCUT2D eigenvalue weighted by atomic mass is 10.1. The second-order valence-corrected chi connectivity index (χ2v) is 8.13. The van der Waals surface area contributed by atoms with E-state index in [1.807, 2.05) is 41.8 Å². The standard InChI is InChI=1S/C23H24N4O3S/c1-15-25-26(14-22(28)24-11-10-16-4-7-19(31-3)8-5-16)23(29)21-13-17-12-18(30-2)6-9-20(17)27(15)21/h4-9,12-13H,10-11,14H2,1-3H3,(H,24,28). The fraction of sp³-hybridized carbons (Fsp3) is 0.261. The molecule has 0 aliphatic rings. The van der Waals surface area contributed by atoms with Gasteiger partial charge in [-0.05, 0) is 61.6 Å². The third-order valence-corrected chi connectivity index (χ3v) is 5.98. The van der Waals surface area contributed by atoms with E-state index in [0.29, 0.717) is 17.9 Å². The maximum absolute atomic E-state index is 13.0. The molecule has 31 heavy (non-hydrogen) atoms. The van der Waals surface area contributed by atoms with Crippen molar-refractivity contribution in [1.82, 2.24) is 19.5 Å². The van der Waals surface area contributed by atoms with Crippen LogP contribution in [0.2, 0.25) is 0 Å². The number of carbonyl (C=O) groups excluding carboxylic acids is 1. The summed E-state index contributed by atoms with van der Waals surface area (Å²) in [7, 11) is 1.61. The van der Waals surface area contributed by atoms with Gasteiger partial charge in [-0.25, -0.2) is 4.68 Å². The summed E-state index contributed by atoms with van der Waals surface area (Å²) in [4.78, 5) is 26.6. The topological polar surface area (TPSA) is 77.6 Å². The van der Waals surface area contributed by atoms with Crippen LogP contribution in [0.15, 0.2) is 58.2 Å². The van der Waals surface area contributed by atoms with Crippen LogP contribution in [0.25, 0.3) is 16.4 Å². The van der Waals surface area contributed by atoms with Gasteiger partial charge >= 0.3 is 0 Å². The Morgan fingerprint density at radius 2 is 1.90 bits per heavy atom. The van der Waals surface area contributed by atoms with Gasteiger partial charge in [0.25, 0.3) is 5.56 Å². The van der Waals surface area contributed by atoms with Crippen LogP contribution in [-0.4, -0.2) is 40.0 Å². The Balaban J connectivity index is 1.49. The molecule has 0 spiro atoms. The van der Waals surface area contributed by atoms with Crippen molar-refractivity contribution in [3.8, 4) is 5.75 Å². The van der Waals surface area contributed by atoms with Crippen molar-refractivity contribution >= 4 is 34.1 Å². The smallest absolute Gasteiger partial charge is 0.291 e.